The fourth-order valence-corrected chi connectivity index (χ4v) is 8.59. The number of halogens is 1. The van der Waals surface area contributed by atoms with Crippen molar-refractivity contribution >= 4 is 51.9 Å². The molecule has 2 fully saturated rings. The zero-order chi connectivity index (χ0) is 38.0. The SMILES string of the molecule is CC.Cc1cnc(N2CC3(CCOCC3)C2)c(C(=O)Nc2ccc(C(=O)N3CCc4cc(C(=O)Nc5c(C)cccc5F)sc4-c4ccccc43)cc2)c1. The fraction of sp³-hybridized carbons (Fsp3) is 0.302. The van der Waals surface area contributed by atoms with Gasteiger partial charge in [0.2, 0.25) is 0 Å². The summed E-state index contributed by atoms with van der Waals surface area (Å²) in [6.07, 6.45) is 4.38. The number of benzene rings is 3. The second-order valence-electron chi connectivity index (χ2n) is 14.0. The molecular weight excluding hydrogens is 702 g/mol. The number of thiophene rings is 1. The van der Waals surface area contributed by atoms with Crippen molar-refractivity contribution in [3.8, 4) is 10.4 Å². The van der Waals surface area contributed by atoms with Crippen LogP contribution in [0.5, 0.6) is 0 Å². The Morgan fingerprint density at radius 2 is 1.63 bits per heavy atom. The maximum Gasteiger partial charge on any atom is 0.265 e. The number of ether oxygens (including phenoxy) is 1. The summed E-state index contributed by atoms with van der Waals surface area (Å²) < 4.78 is 20.0. The Morgan fingerprint density at radius 3 is 2.37 bits per heavy atom. The molecule has 11 heteroatoms. The standard InChI is InChI=1S/C41H38FN5O4S.C2H6/c1-25-20-31(37(43-22-25)46-23-41(24-46)15-18-51-19-16-41)38(48)44-29-12-10-27(11-13-29)40(50)47-17-14-28-21-34(52-36(28)30-7-3-4-9-33(30)47)39(49)45-35-26(2)6-5-8-32(35)42;1-2/h3-13,20-22H,14-19,23-24H2,1-2H3,(H,44,48)(H,45,49);1-2H3. The van der Waals surface area contributed by atoms with Crippen LogP contribution in [0.3, 0.4) is 0 Å². The van der Waals surface area contributed by atoms with E-state index in [0.29, 0.717) is 46.0 Å². The molecule has 0 unspecified atom stereocenters. The number of para-hydroxylation sites is 2. The minimum Gasteiger partial charge on any atom is -0.381 e. The van der Waals surface area contributed by atoms with Crippen molar-refractivity contribution < 1.29 is 23.5 Å². The molecule has 0 aliphatic carbocycles. The van der Waals surface area contributed by atoms with E-state index in [1.807, 2.05) is 57.2 Å². The first-order valence-electron chi connectivity index (χ1n) is 18.5. The van der Waals surface area contributed by atoms with Gasteiger partial charge in [-0.3, -0.25) is 14.4 Å². The lowest BCUT2D eigenvalue weighted by atomic mass is 9.73. The van der Waals surface area contributed by atoms with Crippen LogP contribution >= 0.6 is 11.3 Å². The van der Waals surface area contributed by atoms with E-state index in [0.717, 1.165) is 66.4 Å². The lowest BCUT2D eigenvalue weighted by molar-refractivity contribution is -0.000511. The first kappa shape index (κ1) is 36.9. The number of carbonyl (C=O) groups excluding carboxylic acids is 3. The summed E-state index contributed by atoms with van der Waals surface area (Å²) in [5.74, 6) is -0.581. The van der Waals surface area contributed by atoms with Gasteiger partial charge in [-0.1, -0.05) is 44.2 Å². The third kappa shape index (κ3) is 7.25. The first-order valence-corrected chi connectivity index (χ1v) is 19.3. The Balaban J connectivity index is 0.00000221. The highest BCUT2D eigenvalue weighted by molar-refractivity contribution is 7.17. The Kier molecular flexibility index (Phi) is 10.6. The molecular formula is C43H44FN5O4S. The van der Waals surface area contributed by atoms with Gasteiger partial charge in [0.05, 0.1) is 21.8 Å². The second kappa shape index (κ2) is 15.5. The zero-order valence-electron chi connectivity index (χ0n) is 31.0. The number of fused-ring (bicyclic) bond motifs is 3. The number of aromatic nitrogens is 1. The molecule has 1 spiro atoms. The number of pyridine rings is 1. The van der Waals surface area contributed by atoms with Gasteiger partial charge in [0.25, 0.3) is 17.7 Å². The van der Waals surface area contributed by atoms with E-state index in [-0.39, 0.29) is 28.8 Å². The average Bonchev–Trinajstić information content (AvgIpc) is 3.54. The van der Waals surface area contributed by atoms with Crippen LogP contribution in [-0.4, -0.2) is 55.6 Å². The van der Waals surface area contributed by atoms with Crippen LogP contribution in [0.4, 0.5) is 27.3 Å². The summed E-state index contributed by atoms with van der Waals surface area (Å²) in [7, 11) is 0. The van der Waals surface area contributed by atoms with E-state index in [1.165, 1.54) is 17.4 Å². The minimum atomic E-state index is -0.482. The van der Waals surface area contributed by atoms with E-state index >= 15 is 0 Å². The number of rotatable bonds is 6. The molecule has 2 saturated heterocycles. The topological polar surface area (TPSA) is 104 Å². The second-order valence-corrected chi connectivity index (χ2v) is 15.0. The molecule has 0 atom stereocenters. The van der Waals surface area contributed by atoms with Crippen molar-refractivity contribution in [2.45, 2.75) is 47.0 Å². The van der Waals surface area contributed by atoms with Crippen molar-refractivity contribution in [1.82, 2.24) is 4.98 Å². The summed E-state index contributed by atoms with van der Waals surface area (Å²) >= 11 is 1.33. The molecule has 5 aromatic rings. The van der Waals surface area contributed by atoms with Crippen LogP contribution < -0.4 is 20.4 Å². The maximum absolute atomic E-state index is 14.5. The number of hydrogen-bond donors (Lipinski definition) is 2. The van der Waals surface area contributed by atoms with Crippen molar-refractivity contribution in [3.63, 3.8) is 0 Å². The van der Waals surface area contributed by atoms with Gasteiger partial charge in [-0.15, -0.1) is 11.3 Å². The Morgan fingerprint density at radius 1 is 0.889 bits per heavy atom. The maximum atomic E-state index is 14.5. The lowest BCUT2D eigenvalue weighted by Gasteiger charge is -2.53. The third-order valence-corrected chi connectivity index (χ3v) is 11.5. The molecule has 0 bridgehead atoms. The van der Waals surface area contributed by atoms with Crippen LogP contribution in [-0.2, 0) is 11.2 Å². The number of nitrogens with one attached hydrogen (secondary N) is 2. The Bertz CT molecular complexity index is 2180. The van der Waals surface area contributed by atoms with Gasteiger partial charge in [0.15, 0.2) is 0 Å². The fourth-order valence-electron chi connectivity index (χ4n) is 7.45. The van der Waals surface area contributed by atoms with E-state index in [2.05, 4.69) is 20.5 Å². The molecule has 3 aliphatic rings. The predicted molar refractivity (Wildman–Crippen MR) is 214 cm³/mol. The molecule has 54 heavy (non-hydrogen) atoms. The predicted octanol–water partition coefficient (Wildman–Crippen LogP) is 8.92. The number of amides is 3. The van der Waals surface area contributed by atoms with E-state index in [9.17, 15) is 18.8 Å². The lowest BCUT2D eigenvalue weighted by Crippen LogP contribution is -2.59. The molecule has 8 rings (SSSR count). The normalized spacial score (nSPS) is 15.5. The van der Waals surface area contributed by atoms with Crippen molar-refractivity contribution in [3.05, 3.63) is 124 Å². The number of aryl methyl sites for hydroxylation is 2. The van der Waals surface area contributed by atoms with Gasteiger partial charge in [0, 0.05) is 66.2 Å². The number of nitrogens with zero attached hydrogens (tertiary/aromatic N) is 3. The molecule has 9 nitrogen and oxygen atoms in total. The van der Waals surface area contributed by atoms with E-state index < -0.39 is 5.82 Å². The van der Waals surface area contributed by atoms with Crippen LogP contribution in [0.2, 0.25) is 0 Å². The van der Waals surface area contributed by atoms with Crippen LogP contribution in [0.25, 0.3) is 10.4 Å². The molecule has 2 aromatic heterocycles. The largest absolute Gasteiger partial charge is 0.381 e. The highest BCUT2D eigenvalue weighted by atomic mass is 32.1. The summed E-state index contributed by atoms with van der Waals surface area (Å²) in [6, 6.07) is 23.0. The molecule has 0 saturated carbocycles. The average molecular weight is 746 g/mol. The minimum absolute atomic E-state index is 0.168. The van der Waals surface area contributed by atoms with Crippen LogP contribution in [0.1, 0.15) is 73.8 Å². The molecule has 2 N–H and O–H groups in total. The van der Waals surface area contributed by atoms with Crippen molar-refractivity contribution in [2.75, 3.05) is 53.3 Å². The molecule has 0 radical (unpaired) electrons. The van der Waals surface area contributed by atoms with Gasteiger partial charge >= 0.3 is 0 Å². The van der Waals surface area contributed by atoms with E-state index in [4.69, 9.17) is 4.74 Å². The van der Waals surface area contributed by atoms with Gasteiger partial charge in [-0.25, -0.2) is 9.37 Å². The van der Waals surface area contributed by atoms with Gasteiger partial charge in [-0.2, -0.15) is 0 Å². The molecule has 3 amide bonds. The summed E-state index contributed by atoms with van der Waals surface area (Å²) in [4.78, 5) is 50.8. The van der Waals surface area contributed by atoms with Gasteiger partial charge < -0.3 is 25.2 Å². The number of anilines is 4. The number of hydrogen-bond acceptors (Lipinski definition) is 7. The summed E-state index contributed by atoms with van der Waals surface area (Å²) in [6.45, 7) is 11.4. The first-order chi connectivity index (χ1) is 26.2. The molecule has 278 valence electrons. The molecule has 3 aliphatic heterocycles. The van der Waals surface area contributed by atoms with E-state index in [1.54, 1.807) is 54.4 Å². The Hall–Kier alpha value is -5.39. The smallest absolute Gasteiger partial charge is 0.265 e. The molecule has 5 heterocycles. The van der Waals surface area contributed by atoms with Crippen molar-refractivity contribution in [2.24, 2.45) is 5.41 Å². The Labute approximate surface area is 319 Å². The van der Waals surface area contributed by atoms with Gasteiger partial charge in [0.1, 0.15) is 11.6 Å². The number of carbonyl (C=O) groups is 3. The van der Waals surface area contributed by atoms with Crippen LogP contribution in [0.15, 0.2) is 85.1 Å². The quantitative estimate of drug-likeness (QED) is 0.180. The zero-order valence-corrected chi connectivity index (χ0v) is 31.8. The van der Waals surface area contributed by atoms with Gasteiger partial charge in [-0.05, 0) is 98.3 Å². The van der Waals surface area contributed by atoms with Crippen molar-refractivity contribution in [1.29, 1.82) is 0 Å². The van der Waals surface area contributed by atoms with Crippen LogP contribution in [0, 0.1) is 25.1 Å². The highest BCUT2D eigenvalue weighted by Gasteiger charge is 2.45. The molecule has 3 aromatic carbocycles. The monoisotopic (exact) mass is 745 g/mol. The summed E-state index contributed by atoms with van der Waals surface area (Å²) in [5, 5.41) is 5.75. The third-order valence-electron chi connectivity index (χ3n) is 10.3. The summed E-state index contributed by atoms with van der Waals surface area (Å²) in [5.41, 5.74) is 6.10. The highest BCUT2D eigenvalue weighted by Crippen LogP contribution is 2.44.